The van der Waals surface area contributed by atoms with E-state index in [-0.39, 0.29) is 4.90 Å². The molecule has 5 rings (SSSR count). The predicted molar refractivity (Wildman–Crippen MR) is 162 cm³/mol. The summed E-state index contributed by atoms with van der Waals surface area (Å²) < 4.78 is 54.4. The molecule has 5 nitrogen and oxygen atoms in total. The fourth-order valence-electron chi connectivity index (χ4n) is 4.42. The van der Waals surface area contributed by atoms with Crippen molar-refractivity contribution >= 4 is 21.8 Å². The third-order valence-electron chi connectivity index (χ3n) is 6.67. The molecular weight excluding hydrogens is 554 g/mol. The van der Waals surface area contributed by atoms with Crippen LogP contribution in [0.4, 0.5) is 8.78 Å². The average Bonchev–Trinajstić information content (AvgIpc) is 3.01. The molecule has 1 aromatic heterocycles. The number of pyridine rings is 1. The van der Waals surface area contributed by atoms with Crippen LogP contribution in [-0.2, 0) is 30.4 Å². The van der Waals surface area contributed by atoms with Crippen LogP contribution in [0.5, 0.6) is 11.5 Å². The minimum absolute atomic E-state index is 0.130. The number of nitrogens with one attached hydrogen (secondary N) is 1. The maximum absolute atomic E-state index is 13.6. The Balaban J connectivity index is 1.24. The van der Waals surface area contributed by atoms with Crippen LogP contribution in [0, 0.1) is 11.6 Å². The van der Waals surface area contributed by atoms with Crippen LogP contribution in [0.3, 0.4) is 0 Å². The zero-order chi connectivity index (χ0) is 29.3. The lowest BCUT2D eigenvalue weighted by molar-refractivity contribution is 0.299. The van der Waals surface area contributed by atoms with E-state index < -0.39 is 22.6 Å². The second-order valence-corrected chi connectivity index (χ2v) is 11.0. The molecule has 42 heavy (non-hydrogen) atoms. The van der Waals surface area contributed by atoms with E-state index in [1.165, 1.54) is 22.4 Å². The van der Waals surface area contributed by atoms with Gasteiger partial charge in [-0.3, -0.25) is 4.98 Å². The van der Waals surface area contributed by atoms with Gasteiger partial charge in [-0.2, -0.15) is 0 Å². The van der Waals surface area contributed by atoms with Crippen molar-refractivity contribution in [2.75, 3.05) is 6.61 Å². The Morgan fingerprint density at radius 2 is 1.67 bits per heavy atom. The fraction of sp³-hybridized carbons (Fsp3) is 0.147. The maximum Gasteiger partial charge on any atom is 0.160 e. The number of halogens is 2. The number of aromatic nitrogens is 1. The average molecular weight is 585 g/mol. The highest BCUT2D eigenvalue weighted by molar-refractivity contribution is 7.83. The highest BCUT2D eigenvalue weighted by Gasteiger charge is 2.12. The SMILES string of the molecule is C=C(CCc1ccc(COc2cccnc2)cc1OCCc1ccc2ccccc2c1)NS(=O)c1ccc(F)c(F)c1. The molecule has 0 aliphatic heterocycles. The van der Waals surface area contributed by atoms with Crippen LogP contribution >= 0.6 is 0 Å². The molecule has 0 saturated carbocycles. The number of hydrogen-bond donors (Lipinski definition) is 1. The van der Waals surface area contributed by atoms with Crippen LogP contribution < -0.4 is 14.2 Å². The molecule has 1 heterocycles. The van der Waals surface area contributed by atoms with Crippen molar-refractivity contribution in [1.29, 1.82) is 0 Å². The summed E-state index contributed by atoms with van der Waals surface area (Å²) in [5.41, 5.74) is 3.59. The lowest BCUT2D eigenvalue weighted by Gasteiger charge is -2.15. The molecule has 1 N–H and O–H groups in total. The number of aryl methyl sites for hydroxylation is 1. The van der Waals surface area contributed by atoms with E-state index in [0.29, 0.717) is 37.5 Å². The van der Waals surface area contributed by atoms with Gasteiger partial charge in [0.25, 0.3) is 0 Å². The number of rotatable bonds is 13. The number of benzene rings is 4. The standard InChI is InChI=1S/C34H30F2N2O3S/c1-24(38-42(39)31-14-15-32(35)33(36)21-31)8-11-28-13-10-26(23-41-30-7-4-17-37-22-30)20-34(28)40-18-16-25-9-12-27-5-2-3-6-29(27)19-25/h2-7,9-10,12-15,17,19-22,38H,1,8,11,16,18,23H2. The van der Waals surface area contributed by atoms with E-state index in [1.807, 2.05) is 42.5 Å². The molecule has 0 fully saturated rings. The van der Waals surface area contributed by atoms with Gasteiger partial charge in [-0.15, -0.1) is 0 Å². The van der Waals surface area contributed by atoms with Gasteiger partial charge in [0.15, 0.2) is 11.6 Å². The second-order valence-electron chi connectivity index (χ2n) is 9.75. The zero-order valence-corrected chi connectivity index (χ0v) is 23.7. The number of allylic oxidation sites excluding steroid dienone is 1. The monoisotopic (exact) mass is 584 g/mol. The Bertz CT molecular complexity index is 1710. The quantitative estimate of drug-likeness (QED) is 0.156. The molecule has 0 bridgehead atoms. The van der Waals surface area contributed by atoms with Crippen molar-refractivity contribution in [3.63, 3.8) is 0 Å². The minimum atomic E-state index is -1.77. The second kappa shape index (κ2) is 13.9. The van der Waals surface area contributed by atoms with Crippen LogP contribution in [0.2, 0.25) is 0 Å². The van der Waals surface area contributed by atoms with Crippen molar-refractivity contribution < 1.29 is 22.5 Å². The molecule has 5 aromatic rings. The predicted octanol–water partition coefficient (Wildman–Crippen LogP) is 7.47. The number of ether oxygens (including phenoxy) is 2. The third kappa shape index (κ3) is 7.79. The van der Waals surface area contributed by atoms with Crippen LogP contribution in [0.15, 0.2) is 121 Å². The molecule has 214 valence electrons. The number of hydrogen-bond acceptors (Lipinski definition) is 4. The molecule has 0 saturated heterocycles. The van der Waals surface area contributed by atoms with E-state index in [2.05, 4.69) is 46.6 Å². The van der Waals surface area contributed by atoms with Gasteiger partial charge in [0, 0.05) is 18.3 Å². The molecule has 0 spiro atoms. The first-order chi connectivity index (χ1) is 20.4. The molecule has 0 aliphatic rings. The van der Waals surface area contributed by atoms with Crippen LogP contribution in [0.1, 0.15) is 23.1 Å². The Morgan fingerprint density at radius 1 is 0.833 bits per heavy atom. The van der Waals surface area contributed by atoms with Crippen LogP contribution in [0.25, 0.3) is 10.8 Å². The molecular formula is C34H30F2N2O3S. The van der Waals surface area contributed by atoms with E-state index in [1.54, 1.807) is 12.4 Å². The summed E-state index contributed by atoms with van der Waals surface area (Å²) in [5.74, 6) is -0.627. The van der Waals surface area contributed by atoms with E-state index >= 15 is 0 Å². The summed E-state index contributed by atoms with van der Waals surface area (Å²) in [4.78, 5) is 4.22. The van der Waals surface area contributed by atoms with Gasteiger partial charge < -0.3 is 14.2 Å². The van der Waals surface area contributed by atoms with Gasteiger partial charge in [0.2, 0.25) is 0 Å². The zero-order valence-electron chi connectivity index (χ0n) is 22.9. The molecule has 0 aliphatic carbocycles. The topological polar surface area (TPSA) is 60.5 Å². The minimum Gasteiger partial charge on any atom is -0.493 e. The lowest BCUT2D eigenvalue weighted by atomic mass is 10.0. The van der Waals surface area contributed by atoms with Gasteiger partial charge in [0.1, 0.15) is 29.1 Å². The lowest BCUT2D eigenvalue weighted by Crippen LogP contribution is -2.17. The first kappa shape index (κ1) is 29.0. The molecule has 8 heteroatoms. The summed E-state index contributed by atoms with van der Waals surface area (Å²) >= 11 is 0. The first-order valence-corrected chi connectivity index (χ1v) is 14.7. The van der Waals surface area contributed by atoms with E-state index in [4.69, 9.17) is 9.47 Å². The van der Waals surface area contributed by atoms with Gasteiger partial charge >= 0.3 is 0 Å². The molecule has 1 unspecified atom stereocenters. The number of fused-ring (bicyclic) bond motifs is 1. The Kier molecular flexibility index (Phi) is 9.56. The molecule has 0 amide bonds. The summed E-state index contributed by atoms with van der Waals surface area (Å²) in [5, 5.41) is 2.39. The van der Waals surface area contributed by atoms with Crippen LogP contribution in [-0.4, -0.2) is 15.8 Å². The van der Waals surface area contributed by atoms with Crippen molar-refractivity contribution in [1.82, 2.24) is 9.71 Å². The Morgan fingerprint density at radius 3 is 2.48 bits per heavy atom. The highest BCUT2D eigenvalue weighted by atomic mass is 32.2. The smallest absolute Gasteiger partial charge is 0.160 e. The summed E-state index contributed by atoms with van der Waals surface area (Å²) in [7, 11) is -1.77. The summed E-state index contributed by atoms with van der Waals surface area (Å²) in [6.45, 7) is 4.81. The number of nitrogens with zero attached hydrogens (tertiary/aromatic N) is 1. The third-order valence-corrected chi connectivity index (χ3v) is 7.83. The van der Waals surface area contributed by atoms with E-state index in [9.17, 15) is 13.0 Å². The van der Waals surface area contributed by atoms with Gasteiger partial charge in [-0.25, -0.2) is 13.0 Å². The first-order valence-electron chi connectivity index (χ1n) is 13.5. The van der Waals surface area contributed by atoms with Gasteiger partial charge in [0.05, 0.1) is 17.7 Å². The van der Waals surface area contributed by atoms with Gasteiger partial charge in [-0.1, -0.05) is 61.2 Å². The summed E-state index contributed by atoms with van der Waals surface area (Å²) in [6.07, 6.45) is 5.12. The fourth-order valence-corrected chi connectivity index (χ4v) is 5.30. The highest BCUT2D eigenvalue weighted by Crippen LogP contribution is 2.25. The van der Waals surface area contributed by atoms with Crippen molar-refractivity contribution in [3.05, 3.63) is 144 Å². The van der Waals surface area contributed by atoms with Crippen molar-refractivity contribution in [2.45, 2.75) is 30.8 Å². The largest absolute Gasteiger partial charge is 0.493 e. The normalized spacial score (nSPS) is 11.7. The molecule has 0 radical (unpaired) electrons. The van der Waals surface area contributed by atoms with Gasteiger partial charge in [-0.05, 0) is 76.7 Å². The molecule has 4 aromatic carbocycles. The Labute approximate surface area is 246 Å². The maximum atomic E-state index is 13.6. The van der Waals surface area contributed by atoms with E-state index in [0.717, 1.165) is 35.4 Å². The summed E-state index contributed by atoms with van der Waals surface area (Å²) in [6, 6.07) is 27.4. The Hall–Kier alpha value is -4.56. The molecule has 1 atom stereocenters. The van der Waals surface area contributed by atoms with Crippen molar-refractivity contribution in [3.8, 4) is 11.5 Å². The van der Waals surface area contributed by atoms with Crippen molar-refractivity contribution in [2.24, 2.45) is 0 Å².